The quantitative estimate of drug-likeness (QED) is 0.842. The molecule has 0 unspecified atom stereocenters. The van der Waals surface area contributed by atoms with E-state index in [0.717, 1.165) is 11.8 Å². The molecule has 0 heterocycles. The SMILES string of the molecule is C[C@@H](N[C@H]1CCCC(F)(F)[C@@H]1OS(C)(=O)=O)c1ccccc1. The van der Waals surface area contributed by atoms with Crippen LogP contribution in [-0.4, -0.2) is 32.7 Å². The third-order valence-corrected chi connectivity index (χ3v) is 4.41. The van der Waals surface area contributed by atoms with Crippen molar-refractivity contribution >= 4 is 10.1 Å². The molecule has 1 aliphatic carbocycles. The maximum absolute atomic E-state index is 14.1. The van der Waals surface area contributed by atoms with Crippen molar-refractivity contribution in [1.29, 1.82) is 0 Å². The average molecular weight is 333 g/mol. The molecule has 4 nitrogen and oxygen atoms in total. The van der Waals surface area contributed by atoms with Gasteiger partial charge in [0.25, 0.3) is 16.0 Å². The number of hydrogen-bond donors (Lipinski definition) is 1. The van der Waals surface area contributed by atoms with E-state index < -0.39 is 28.2 Å². The highest BCUT2D eigenvalue weighted by Gasteiger charge is 2.49. The van der Waals surface area contributed by atoms with Gasteiger partial charge in [0, 0.05) is 18.5 Å². The van der Waals surface area contributed by atoms with Gasteiger partial charge in [-0.3, -0.25) is 4.18 Å². The lowest BCUT2D eigenvalue weighted by atomic mass is 9.88. The Morgan fingerprint density at radius 2 is 1.95 bits per heavy atom. The summed E-state index contributed by atoms with van der Waals surface area (Å²) in [5.74, 6) is -3.16. The Morgan fingerprint density at radius 1 is 1.32 bits per heavy atom. The van der Waals surface area contributed by atoms with Crippen LogP contribution < -0.4 is 5.32 Å². The van der Waals surface area contributed by atoms with Gasteiger partial charge in [0.05, 0.1) is 6.26 Å². The van der Waals surface area contributed by atoms with Crippen LogP contribution >= 0.6 is 0 Å². The standard InChI is InChI=1S/C15H21F2NO3S/c1-11(12-7-4-3-5-8-12)18-13-9-6-10-15(16,17)14(13)21-22(2,19)20/h3-5,7-8,11,13-14,18H,6,9-10H2,1-2H3/t11-,13+,14-/m1/s1. The highest BCUT2D eigenvalue weighted by molar-refractivity contribution is 7.86. The molecule has 1 saturated carbocycles. The summed E-state index contributed by atoms with van der Waals surface area (Å²) >= 11 is 0. The van der Waals surface area contributed by atoms with Crippen LogP contribution in [0.1, 0.15) is 37.8 Å². The van der Waals surface area contributed by atoms with E-state index in [-0.39, 0.29) is 12.5 Å². The Morgan fingerprint density at radius 3 is 2.55 bits per heavy atom. The molecule has 1 aromatic carbocycles. The van der Waals surface area contributed by atoms with Crippen LogP contribution in [0.2, 0.25) is 0 Å². The Labute approximate surface area is 130 Å². The number of hydrogen-bond acceptors (Lipinski definition) is 4. The molecule has 1 aliphatic rings. The summed E-state index contributed by atoms with van der Waals surface area (Å²) in [6.07, 6.45) is -0.439. The van der Waals surface area contributed by atoms with Crippen LogP contribution in [0.3, 0.4) is 0 Å². The van der Waals surface area contributed by atoms with Crippen molar-refractivity contribution in [1.82, 2.24) is 5.32 Å². The molecule has 0 bridgehead atoms. The minimum atomic E-state index is -3.95. The number of nitrogens with one attached hydrogen (secondary N) is 1. The van der Waals surface area contributed by atoms with E-state index in [4.69, 9.17) is 4.18 Å². The third-order valence-electron chi connectivity index (χ3n) is 3.85. The minimum Gasteiger partial charge on any atom is -0.305 e. The summed E-state index contributed by atoms with van der Waals surface area (Å²) in [6, 6.07) is 8.51. The molecule has 0 saturated heterocycles. The van der Waals surface area contributed by atoms with E-state index in [9.17, 15) is 17.2 Å². The number of rotatable bonds is 5. The van der Waals surface area contributed by atoms with Crippen LogP contribution in [-0.2, 0) is 14.3 Å². The van der Waals surface area contributed by atoms with Gasteiger partial charge in [0.2, 0.25) is 0 Å². The van der Waals surface area contributed by atoms with Gasteiger partial charge in [0.15, 0.2) is 6.10 Å². The van der Waals surface area contributed by atoms with Gasteiger partial charge in [-0.05, 0) is 25.3 Å². The molecule has 22 heavy (non-hydrogen) atoms. The van der Waals surface area contributed by atoms with Gasteiger partial charge in [-0.2, -0.15) is 8.42 Å². The molecule has 1 aromatic rings. The van der Waals surface area contributed by atoms with E-state index in [2.05, 4.69) is 5.32 Å². The fourth-order valence-corrected chi connectivity index (χ4v) is 3.45. The summed E-state index contributed by atoms with van der Waals surface area (Å²) in [5.41, 5.74) is 0.953. The van der Waals surface area contributed by atoms with Crippen molar-refractivity contribution in [3.05, 3.63) is 35.9 Å². The summed E-state index contributed by atoms with van der Waals surface area (Å²) in [4.78, 5) is 0. The van der Waals surface area contributed by atoms with Gasteiger partial charge >= 0.3 is 0 Å². The van der Waals surface area contributed by atoms with Gasteiger partial charge in [0.1, 0.15) is 0 Å². The predicted molar refractivity (Wildman–Crippen MR) is 80.3 cm³/mol. The predicted octanol–water partition coefficient (Wildman–Crippen LogP) is 2.87. The van der Waals surface area contributed by atoms with Crippen LogP contribution in [0.25, 0.3) is 0 Å². The first-order chi connectivity index (χ1) is 10.2. The Hall–Kier alpha value is -1.05. The zero-order valence-corrected chi connectivity index (χ0v) is 13.4. The molecule has 1 N–H and O–H groups in total. The van der Waals surface area contributed by atoms with Gasteiger partial charge < -0.3 is 5.32 Å². The van der Waals surface area contributed by atoms with Crippen molar-refractivity contribution in [2.45, 2.75) is 50.3 Å². The molecule has 1 fully saturated rings. The topological polar surface area (TPSA) is 55.4 Å². The van der Waals surface area contributed by atoms with E-state index in [1.54, 1.807) is 0 Å². The molecule has 2 rings (SSSR count). The summed E-state index contributed by atoms with van der Waals surface area (Å²) in [7, 11) is -3.95. The van der Waals surface area contributed by atoms with Crippen molar-refractivity contribution in [2.24, 2.45) is 0 Å². The monoisotopic (exact) mass is 333 g/mol. The Balaban J connectivity index is 2.16. The largest absolute Gasteiger partial charge is 0.305 e. The Bertz CT molecular complexity index is 592. The van der Waals surface area contributed by atoms with Gasteiger partial charge in [-0.1, -0.05) is 30.3 Å². The summed E-state index contributed by atoms with van der Waals surface area (Å²) in [6.45, 7) is 1.86. The number of alkyl halides is 2. The van der Waals surface area contributed by atoms with Gasteiger partial charge in [-0.15, -0.1) is 0 Å². The lowest BCUT2D eigenvalue weighted by molar-refractivity contribution is -0.131. The van der Waals surface area contributed by atoms with Crippen LogP contribution in [0, 0.1) is 0 Å². The van der Waals surface area contributed by atoms with Gasteiger partial charge in [-0.25, -0.2) is 8.78 Å². The normalized spacial score (nSPS) is 26.5. The molecule has 3 atom stereocenters. The summed E-state index contributed by atoms with van der Waals surface area (Å²) in [5, 5.41) is 3.09. The van der Waals surface area contributed by atoms with E-state index in [0.29, 0.717) is 12.8 Å². The maximum atomic E-state index is 14.1. The highest BCUT2D eigenvalue weighted by Crippen LogP contribution is 2.37. The molecule has 124 valence electrons. The molecule has 0 spiro atoms. The van der Waals surface area contributed by atoms with Crippen LogP contribution in [0.5, 0.6) is 0 Å². The summed E-state index contributed by atoms with van der Waals surface area (Å²) < 4.78 is 55.5. The van der Waals surface area contributed by atoms with E-state index in [1.807, 2.05) is 37.3 Å². The third kappa shape index (κ3) is 4.47. The molecule has 0 amide bonds. The zero-order chi connectivity index (χ0) is 16.4. The fraction of sp³-hybridized carbons (Fsp3) is 0.600. The molecular weight excluding hydrogens is 312 g/mol. The number of halogens is 2. The average Bonchev–Trinajstić information content (AvgIpc) is 2.42. The van der Waals surface area contributed by atoms with Crippen molar-refractivity contribution in [3.63, 3.8) is 0 Å². The van der Waals surface area contributed by atoms with Crippen LogP contribution in [0.4, 0.5) is 8.78 Å². The first kappa shape index (κ1) is 17.3. The Kier molecular flexibility index (Phi) is 5.19. The fourth-order valence-electron chi connectivity index (χ4n) is 2.80. The van der Waals surface area contributed by atoms with Crippen molar-refractivity contribution < 1.29 is 21.4 Å². The first-order valence-corrected chi connectivity index (χ1v) is 9.08. The minimum absolute atomic E-state index is 0.175. The molecule has 7 heteroatoms. The van der Waals surface area contributed by atoms with Crippen molar-refractivity contribution in [3.8, 4) is 0 Å². The molecular formula is C15H21F2NO3S. The van der Waals surface area contributed by atoms with Crippen molar-refractivity contribution in [2.75, 3.05) is 6.26 Å². The van der Waals surface area contributed by atoms with E-state index >= 15 is 0 Å². The zero-order valence-electron chi connectivity index (χ0n) is 12.6. The number of benzene rings is 1. The lowest BCUT2D eigenvalue weighted by Gasteiger charge is -2.38. The molecule has 0 radical (unpaired) electrons. The molecule has 0 aromatic heterocycles. The molecule has 0 aliphatic heterocycles. The second kappa shape index (κ2) is 6.60. The highest BCUT2D eigenvalue weighted by atomic mass is 32.2. The maximum Gasteiger partial charge on any atom is 0.276 e. The second-order valence-corrected chi connectivity index (χ2v) is 7.38. The first-order valence-electron chi connectivity index (χ1n) is 7.26. The van der Waals surface area contributed by atoms with Crippen LogP contribution in [0.15, 0.2) is 30.3 Å². The lowest BCUT2D eigenvalue weighted by Crippen LogP contribution is -2.55. The smallest absolute Gasteiger partial charge is 0.276 e. The van der Waals surface area contributed by atoms with E-state index in [1.165, 1.54) is 0 Å². The second-order valence-electron chi connectivity index (χ2n) is 5.78.